The molecule has 0 aliphatic heterocycles. The number of guanidine groups is 1. The van der Waals surface area contributed by atoms with Gasteiger partial charge in [0.2, 0.25) is 0 Å². The molecular formula is C13H19F2N3O. The maximum absolute atomic E-state index is 12.2. The lowest BCUT2D eigenvalue weighted by molar-refractivity contribution is -0.0504. The van der Waals surface area contributed by atoms with E-state index < -0.39 is 6.61 Å². The summed E-state index contributed by atoms with van der Waals surface area (Å²) in [7, 11) is 0. The van der Waals surface area contributed by atoms with E-state index in [-0.39, 0.29) is 23.8 Å². The van der Waals surface area contributed by atoms with Crippen LogP contribution in [-0.2, 0) is 6.54 Å². The minimum Gasteiger partial charge on any atom is -0.434 e. The molecule has 19 heavy (non-hydrogen) atoms. The molecule has 0 saturated heterocycles. The monoisotopic (exact) mass is 271 g/mol. The van der Waals surface area contributed by atoms with E-state index in [1.807, 2.05) is 20.8 Å². The third kappa shape index (κ3) is 6.03. The highest BCUT2D eigenvalue weighted by Gasteiger charge is 2.11. The molecule has 0 amide bonds. The second-order valence-corrected chi connectivity index (χ2v) is 5.06. The molecule has 0 fully saturated rings. The number of nitrogens with one attached hydrogen (secondary N) is 1. The Hall–Kier alpha value is -1.85. The first-order valence-corrected chi connectivity index (χ1v) is 5.89. The normalized spacial score (nSPS) is 12.6. The zero-order chi connectivity index (χ0) is 14.5. The molecule has 1 aromatic rings. The standard InChI is InChI=1S/C13H19F2N3O/c1-13(2,3)18-12(16)17-8-9-6-4-5-7-10(9)19-11(14)15/h4-7,11H,8H2,1-3H3,(H3,16,17,18). The highest BCUT2D eigenvalue weighted by Crippen LogP contribution is 2.20. The molecular weight excluding hydrogens is 252 g/mol. The van der Waals surface area contributed by atoms with Crippen molar-refractivity contribution < 1.29 is 13.5 Å². The fraction of sp³-hybridized carbons (Fsp3) is 0.462. The van der Waals surface area contributed by atoms with Gasteiger partial charge < -0.3 is 15.8 Å². The van der Waals surface area contributed by atoms with Crippen LogP contribution >= 0.6 is 0 Å². The number of hydrogen-bond donors (Lipinski definition) is 2. The van der Waals surface area contributed by atoms with E-state index in [9.17, 15) is 8.78 Å². The van der Waals surface area contributed by atoms with Crippen molar-refractivity contribution in [1.82, 2.24) is 5.32 Å². The van der Waals surface area contributed by atoms with E-state index in [0.29, 0.717) is 5.56 Å². The number of ether oxygens (including phenoxy) is 1. The average Bonchev–Trinajstić information content (AvgIpc) is 2.24. The van der Waals surface area contributed by atoms with E-state index in [4.69, 9.17) is 5.73 Å². The van der Waals surface area contributed by atoms with Gasteiger partial charge in [-0.05, 0) is 26.8 Å². The largest absolute Gasteiger partial charge is 0.434 e. The van der Waals surface area contributed by atoms with Gasteiger partial charge in [-0.15, -0.1) is 0 Å². The summed E-state index contributed by atoms with van der Waals surface area (Å²) in [4.78, 5) is 4.11. The molecule has 0 radical (unpaired) electrons. The molecule has 0 bridgehead atoms. The minimum absolute atomic E-state index is 0.116. The number of hydrogen-bond acceptors (Lipinski definition) is 2. The zero-order valence-corrected chi connectivity index (χ0v) is 11.3. The zero-order valence-electron chi connectivity index (χ0n) is 11.3. The SMILES string of the molecule is CC(C)(C)NC(N)=NCc1ccccc1OC(F)F. The second-order valence-electron chi connectivity index (χ2n) is 5.06. The Morgan fingerprint density at radius 1 is 1.37 bits per heavy atom. The predicted octanol–water partition coefficient (Wildman–Crippen LogP) is 2.49. The molecule has 3 N–H and O–H groups in total. The van der Waals surface area contributed by atoms with Crippen molar-refractivity contribution >= 4 is 5.96 Å². The van der Waals surface area contributed by atoms with Crippen LogP contribution in [0.5, 0.6) is 5.75 Å². The van der Waals surface area contributed by atoms with E-state index in [1.54, 1.807) is 18.2 Å². The van der Waals surface area contributed by atoms with Gasteiger partial charge in [0.1, 0.15) is 5.75 Å². The van der Waals surface area contributed by atoms with Crippen molar-refractivity contribution in [2.45, 2.75) is 39.5 Å². The molecule has 0 aliphatic rings. The molecule has 0 heterocycles. The summed E-state index contributed by atoms with van der Waals surface area (Å²) in [5.41, 5.74) is 6.06. The average molecular weight is 271 g/mol. The third-order valence-electron chi connectivity index (χ3n) is 2.11. The number of halogens is 2. The third-order valence-corrected chi connectivity index (χ3v) is 2.11. The van der Waals surface area contributed by atoms with E-state index in [0.717, 1.165) is 0 Å². The first-order chi connectivity index (χ1) is 8.78. The van der Waals surface area contributed by atoms with Crippen LogP contribution in [0.15, 0.2) is 29.3 Å². The molecule has 4 nitrogen and oxygen atoms in total. The lowest BCUT2D eigenvalue weighted by Crippen LogP contribution is -2.44. The van der Waals surface area contributed by atoms with Gasteiger partial charge >= 0.3 is 6.61 Å². The van der Waals surface area contributed by atoms with Gasteiger partial charge in [0.15, 0.2) is 5.96 Å². The topological polar surface area (TPSA) is 59.6 Å². The van der Waals surface area contributed by atoms with Crippen LogP contribution < -0.4 is 15.8 Å². The second kappa shape index (κ2) is 6.36. The Balaban J connectivity index is 2.74. The number of para-hydroxylation sites is 1. The number of nitrogens with zero attached hydrogens (tertiary/aromatic N) is 1. The summed E-state index contributed by atoms with van der Waals surface area (Å²) in [6, 6.07) is 6.51. The summed E-state index contributed by atoms with van der Waals surface area (Å²) in [5.74, 6) is 0.379. The van der Waals surface area contributed by atoms with Crippen LogP contribution in [0.25, 0.3) is 0 Å². The maximum atomic E-state index is 12.2. The Kier molecular flexibility index (Phi) is 5.09. The Labute approximate surface area is 111 Å². The quantitative estimate of drug-likeness (QED) is 0.653. The molecule has 6 heteroatoms. The molecule has 106 valence electrons. The molecule has 0 unspecified atom stereocenters. The molecule has 0 spiro atoms. The first kappa shape index (κ1) is 15.2. The van der Waals surface area contributed by atoms with Crippen LogP contribution in [0.3, 0.4) is 0 Å². The van der Waals surface area contributed by atoms with Crippen molar-refractivity contribution in [1.29, 1.82) is 0 Å². The molecule has 1 aromatic carbocycles. The lowest BCUT2D eigenvalue weighted by atomic mass is 10.1. The Morgan fingerprint density at radius 2 is 2.00 bits per heavy atom. The van der Waals surface area contributed by atoms with E-state index >= 15 is 0 Å². The van der Waals surface area contributed by atoms with Crippen molar-refractivity contribution in [3.8, 4) is 5.75 Å². The summed E-state index contributed by atoms with van der Waals surface area (Å²) in [6.45, 7) is 3.17. The molecule has 0 saturated carbocycles. The summed E-state index contributed by atoms with van der Waals surface area (Å²) in [5, 5.41) is 2.99. The molecule has 1 rings (SSSR count). The fourth-order valence-corrected chi connectivity index (χ4v) is 1.44. The van der Waals surface area contributed by atoms with Crippen molar-refractivity contribution in [3.63, 3.8) is 0 Å². The lowest BCUT2D eigenvalue weighted by Gasteiger charge is -2.21. The van der Waals surface area contributed by atoms with Gasteiger partial charge in [-0.25, -0.2) is 4.99 Å². The summed E-state index contributed by atoms with van der Waals surface area (Å²) < 4.78 is 28.9. The first-order valence-electron chi connectivity index (χ1n) is 5.89. The Morgan fingerprint density at radius 3 is 2.58 bits per heavy atom. The summed E-state index contributed by atoms with van der Waals surface area (Å²) in [6.07, 6.45) is 0. The predicted molar refractivity (Wildman–Crippen MR) is 71.3 cm³/mol. The van der Waals surface area contributed by atoms with Crippen LogP contribution in [0.2, 0.25) is 0 Å². The van der Waals surface area contributed by atoms with Crippen molar-refractivity contribution in [2.24, 2.45) is 10.7 Å². The highest BCUT2D eigenvalue weighted by molar-refractivity contribution is 5.78. The van der Waals surface area contributed by atoms with Crippen LogP contribution in [0, 0.1) is 0 Å². The molecule has 0 aliphatic carbocycles. The molecule has 0 atom stereocenters. The molecule has 0 aromatic heterocycles. The van der Waals surface area contributed by atoms with Crippen LogP contribution in [-0.4, -0.2) is 18.1 Å². The van der Waals surface area contributed by atoms with Crippen LogP contribution in [0.1, 0.15) is 26.3 Å². The smallest absolute Gasteiger partial charge is 0.387 e. The van der Waals surface area contributed by atoms with Gasteiger partial charge in [0.05, 0.1) is 6.54 Å². The summed E-state index contributed by atoms with van der Waals surface area (Å²) >= 11 is 0. The minimum atomic E-state index is -2.85. The number of aliphatic imine (C=N–C) groups is 1. The maximum Gasteiger partial charge on any atom is 0.387 e. The van der Waals surface area contributed by atoms with Gasteiger partial charge in [-0.3, -0.25) is 0 Å². The van der Waals surface area contributed by atoms with Gasteiger partial charge in [0, 0.05) is 11.1 Å². The number of rotatable bonds is 4. The van der Waals surface area contributed by atoms with Crippen LogP contribution in [0.4, 0.5) is 8.78 Å². The number of nitrogens with two attached hydrogens (primary N) is 1. The van der Waals surface area contributed by atoms with Gasteiger partial charge in [-0.1, -0.05) is 18.2 Å². The van der Waals surface area contributed by atoms with E-state index in [2.05, 4.69) is 15.0 Å². The number of alkyl halides is 2. The van der Waals surface area contributed by atoms with Gasteiger partial charge in [0.25, 0.3) is 0 Å². The van der Waals surface area contributed by atoms with E-state index in [1.165, 1.54) is 6.07 Å². The highest BCUT2D eigenvalue weighted by atomic mass is 19.3. The fourth-order valence-electron chi connectivity index (χ4n) is 1.44. The number of benzene rings is 1. The van der Waals surface area contributed by atoms with Crippen molar-refractivity contribution in [3.05, 3.63) is 29.8 Å². The van der Waals surface area contributed by atoms with Crippen molar-refractivity contribution in [2.75, 3.05) is 0 Å². The van der Waals surface area contributed by atoms with Gasteiger partial charge in [-0.2, -0.15) is 8.78 Å². The Bertz CT molecular complexity index is 442.